The topological polar surface area (TPSA) is 72.5 Å². The van der Waals surface area contributed by atoms with Gasteiger partial charge in [0.1, 0.15) is 11.5 Å². The Bertz CT molecular complexity index is 717. The van der Waals surface area contributed by atoms with Gasteiger partial charge in [0, 0.05) is 10.9 Å². The van der Waals surface area contributed by atoms with E-state index in [1.165, 1.54) is 11.3 Å². The van der Waals surface area contributed by atoms with Crippen molar-refractivity contribution >= 4 is 34.8 Å². The van der Waals surface area contributed by atoms with E-state index < -0.39 is 0 Å². The van der Waals surface area contributed by atoms with E-state index in [1.807, 2.05) is 23.6 Å². The number of anilines is 1. The quantitative estimate of drug-likeness (QED) is 0.828. The Balaban J connectivity index is 0.00000225. The summed E-state index contributed by atoms with van der Waals surface area (Å²) in [5.74, 6) is 1.43. The Morgan fingerprint density at radius 3 is 2.84 bits per heavy atom. The molecule has 0 aliphatic carbocycles. The summed E-state index contributed by atoms with van der Waals surface area (Å²) in [4.78, 5) is 16.8. The molecule has 1 aliphatic heterocycles. The minimum atomic E-state index is -0.127. The highest BCUT2D eigenvalue weighted by Gasteiger charge is 2.21. The van der Waals surface area contributed by atoms with Crippen LogP contribution in [0.4, 0.5) is 5.13 Å². The molecule has 2 aromatic rings. The third kappa shape index (κ3) is 4.62. The molecule has 6 nitrogen and oxygen atoms in total. The first-order valence-corrected chi connectivity index (χ1v) is 8.81. The monoisotopic (exact) mass is 383 g/mol. The number of thiazole rings is 1. The lowest BCUT2D eigenvalue weighted by Gasteiger charge is -2.21. The molecule has 3 rings (SSSR count). The second kappa shape index (κ2) is 9.03. The fourth-order valence-corrected chi connectivity index (χ4v) is 3.45. The van der Waals surface area contributed by atoms with E-state index in [0.717, 1.165) is 42.8 Å². The Hall–Kier alpha value is -1.83. The van der Waals surface area contributed by atoms with E-state index in [1.54, 1.807) is 14.2 Å². The highest BCUT2D eigenvalue weighted by Crippen LogP contribution is 2.35. The van der Waals surface area contributed by atoms with Crippen LogP contribution in [0.3, 0.4) is 0 Å². The van der Waals surface area contributed by atoms with Gasteiger partial charge in [-0.15, -0.1) is 23.7 Å². The van der Waals surface area contributed by atoms with Gasteiger partial charge >= 0.3 is 0 Å². The summed E-state index contributed by atoms with van der Waals surface area (Å²) < 4.78 is 10.7. The van der Waals surface area contributed by atoms with Gasteiger partial charge in [-0.1, -0.05) is 6.42 Å². The molecule has 1 unspecified atom stereocenters. The first kappa shape index (κ1) is 19.5. The molecule has 0 spiro atoms. The molecule has 1 amide bonds. The third-order valence-corrected chi connectivity index (χ3v) is 4.80. The third-order valence-electron chi connectivity index (χ3n) is 4.04. The summed E-state index contributed by atoms with van der Waals surface area (Å²) in [5.41, 5.74) is 1.59. The van der Waals surface area contributed by atoms with Crippen LogP contribution in [-0.4, -0.2) is 37.7 Å². The SMILES string of the molecule is COc1ccc(OC)c(-c2csc(NC(=O)C3CCCCN3)n2)c1.Cl. The molecule has 0 saturated carbocycles. The molecule has 2 heterocycles. The number of piperidine rings is 1. The van der Waals surface area contributed by atoms with Crippen LogP contribution in [-0.2, 0) is 4.79 Å². The number of halogens is 1. The molecule has 0 bridgehead atoms. The van der Waals surface area contributed by atoms with Gasteiger partial charge in [0.15, 0.2) is 5.13 Å². The van der Waals surface area contributed by atoms with Crippen LogP contribution in [0.15, 0.2) is 23.6 Å². The van der Waals surface area contributed by atoms with Crippen molar-refractivity contribution < 1.29 is 14.3 Å². The maximum atomic E-state index is 12.3. The van der Waals surface area contributed by atoms with Gasteiger partial charge in [-0.05, 0) is 37.6 Å². The number of benzene rings is 1. The van der Waals surface area contributed by atoms with Gasteiger partial charge in [-0.25, -0.2) is 4.98 Å². The molecule has 1 aromatic carbocycles. The minimum absolute atomic E-state index is 0. The van der Waals surface area contributed by atoms with Gasteiger partial charge in [0.2, 0.25) is 5.91 Å². The fraction of sp³-hybridized carbons (Fsp3) is 0.412. The molecule has 1 atom stereocenters. The first-order valence-electron chi connectivity index (χ1n) is 7.93. The van der Waals surface area contributed by atoms with E-state index in [4.69, 9.17) is 9.47 Å². The maximum absolute atomic E-state index is 12.3. The van der Waals surface area contributed by atoms with Gasteiger partial charge in [0.05, 0.1) is 26.0 Å². The molecule has 25 heavy (non-hydrogen) atoms. The number of aromatic nitrogens is 1. The first-order chi connectivity index (χ1) is 11.7. The van der Waals surface area contributed by atoms with Crippen LogP contribution in [0, 0.1) is 0 Å². The van der Waals surface area contributed by atoms with Crippen molar-refractivity contribution in [2.45, 2.75) is 25.3 Å². The number of nitrogens with zero attached hydrogens (tertiary/aromatic N) is 1. The van der Waals surface area contributed by atoms with Crippen molar-refractivity contribution in [1.82, 2.24) is 10.3 Å². The van der Waals surface area contributed by atoms with Crippen LogP contribution in [0.2, 0.25) is 0 Å². The molecule has 1 aromatic heterocycles. The minimum Gasteiger partial charge on any atom is -0.497 e. The normalized spacial score (nSPS) is 16.6. The molecule has 1 saturated heterocycles. The number of carbonyl (C=O) groups excluding carboxylic acids is 1. The van der Waals surface area contributed by atoms with Gasteiger partial charge in [-0.2, -0.15) is 0 Å². The van der Waals surface area contributed by atoms with E-state index in [2.05, 4.69) is 15.6 Å². The Morgan fingerprint density at radius 1 is 1.32 bits per heavy atom. The second-order valence-corrected chi connectivity index (χ2v) is 6.45. The maximum Gasteiger partial charge on any atom is 0.243 e. The molecular weight excluding hydrogens is 362 g/mol. The lowest BCUT2D eigenvalue weighted by Crippen LogP contribution is -2.43. The summed E-state index contributed by atoms with van der Waals surface area (Å²) in [5, 5.41) is 8.63. The van der Waals surface area contributed by atoms with Crippen LogP contribution in [0.25, 0.3) is 11.3 Å². The summed E-state index contributed by atoms with van der Waals surface area (Å²) >= 11 is 1.40. The fourth-order valence-electron chi connectivity index (χ4n) is 2.74. The molecule has 1 fully saturated rings. The van der Waals surface area contributed by atoms with Crippen LogP contribution >= 0.6 is 23.7 Å². The summed E-state index contributed by atoms with van der Waals surface area (Å²) in [7, 11) is 3.24. The van der Waals surface area contributed by atoms with Crippen LogP contribution in [0.5, 0.6) is 11.5 Å². The molecule has 0 radical (unpaired) electrons. The van der Waals surface area contributed by atoms with Crippen molar-refractivity contribution in [3.8, 4) is 22.8 Å². The zero-order valence-electron chi connectivity index (χ0n) is 14.2. The zero-order valence-corrected chi connectivity index (χ0v) is 15.8. The van der Waals surface area contributed by atoms with E-state index in [9.17, 15) is 4.79 Å². The smallest absolute Gasteiger partial charge is 0.243 e. The number of rotatable bonds is 5. The number of hydrogen-bond donors (Lipinski definition) is 2. The highest BCUT2D eigenvalue weighted by atomic mass is 35.5. The Kier molecular flexibility index (Phi) is 7.04. The van der Waals surface area contributed by atoms with E-state index >= 15 is 0 Å². The van der Waals surface area contributed by atoms with Crippen molar-refractivity contribution in [1.29, 1.82) is 0 Å². The van der Waals surface area contributed by atoms with E-state index in [-0.39, 0.29) is 24.4 Å². The predicted molar refractivity (Wildman–Crippen MR) is 102 cm³/mol. The summed E-state index contributed by atoms with van der Waals surface area (Å²) in [6.07, 6.45) is 3.07. The van der Waals surface area contributed by atoms with Crippen molar-refractivity contribution in [3.63, 3.8) is 0 Å². The van der Waals surface area contributed by atoms with Gasteiger partial charge in [0.25, 0.3) is 0 Å². The zero-order chi connectivity index (χ0) is 16.9. The largest absolute Gasteiger partial charge is 0.497 e. The van der Waals surface area contributed by atoms with Crippen molar-refractivity contribution in [3.05, 3.63) is 23.6 Å². The molecule has 8 heteroatoms. The van der Waals surface area contributed by atoms with Crippen LogP contribution < -0.4 is 20.1 Å². The standard InChI is InChI=1S/C17H21N3O3S.ClH/c1-22-11-6-7-15(23-2)12(9-11)14-10-24-17(19-14)20-16(21)13-5-3-4-8-18-13;/h6-7,9-10,13,18H,3-5,8H2,1-2H3,(H,19,20,21);1H. The number of carbonyl (C=O) groups is 1. The summed E-state index contributed by atoms with van der Waals surface area (Å²) in [6, 6.07) is 5.43. The van der Waals surface area contributed by atoms with Gasteiger partial charge in [-0.3, -0.25) is 4.79 Å². The van der Waals surface area contributed by atoms with Crippen molar-refractivity contribution in [2.24, 2.45) is 0 Å². The number of methoxy groups -OCH3 is 2. The number of hydrogen-bond acceptors (Lipinski definition) is 6. The lowest BCUT2D eigenvalue weighted by atomic mass is 10.0. The average Bonchev–Trinajstić information content (AvgIpc) is 3.10. The van der Waals surface area contributed by atoms with E-state index in [0.29, 0.717) is 10.9 Å². The number of amides is 1. The Morgan fingerprint density at radius 2 is 2.16 bits per heavy atom. The summed E-state index contributed by atoms with van der Waals surface area (Å²) in [6.45, 7) is 0.891. The molecule has 136 valence electrons. The lowest BCUT2D eigenvalue weighted by molar-refractivity contribution is -0.118. The highest BCUT2D eigenvalue weighted by molar-refractivity contribution is 7.14. The average molecular weight is 384 g/mol. The molecule has 2 N–H and O–H groups in total. The van der Waals surface area contributed by atoms with Crippen molar-refractivity contribution in [2.75, 3.05) is 26.1 Å². The number of nitrogens with one attached hydrogen (secondary N) is 2. The van der Waals surface area contributed by atoms with Gasteiger partial charge < -0.3 is 20.1 Å². The predicted octanol–water partition coefficient (Wildman–Crippen LogP) is 3.33. The molecular formula is C17H22ClN3O3S. The Labute approximate surface area is 157 Å². The van der Waals surface area contributed by atoms with Crippen LogP contribution in [0.1, 0.15) is 19.3 Å². The second-order valence-electron chi connectivity index (χ2n) is 5.60. The molecule has 1 aliphatic rings. The number of ether oxygens (including phenoxy) is 2.